The molecule has 4 rings (SSSR count). The topological polar surface area (TPSA) is 35.5 Å². The van der Waals surface area contributed by atoms with Crippen LogP contribution < -0.4 is 4.74 Å². The lowest BCUT2D eigenvalue weighted by Crippen LogP contribution is -2.12. The Kier molecular flexibility index (Phi) is 6.05. The van der Waals surface area contributed by atoms with E-state index < -0.39 is 5.97 Å². The van der Waals surface area contributed by atoms with Gasteiger partial charge < -0.3 is 9.47 Å². The average molecular weight is 415 g/mol. The van der Waals surface area contributed by atoms with Crippen molar-refractivity contribution < 1.29 is 14.3 Å². The zero-order valence-electron chi connectivity index (χ0n) is 16.8. The van der Waals surface area contributed by atoms with Gasteiger partial charge in [-0.2, -0.15) is 0 Å². The van der Waals surface area contributed by atoms with Crippen molar-refractivity contribution in [3.63, 3.8) is 0 Å². The zero-order valence-corrected chi connectivity index (χ0v) is 17.6. The molecule has 0 spiro atoms. The number of ether oxygens (including phenoxy) is 2. The summed E-state index contributed by atoms with van der Waals surface area (Å²) in [7, 11) is 0. The van der Waals surface area contributed by atoms with Gasteiger partial charge in [-0.3, -0.25) is 0 Å². The van der Waals surface area contributed by atoms with Gasteiger partial charge in [0.15, 0.2) is 0 Å². The number of carbonyl (C=O) groups is 1. The second-order valence-electron chi connectivity index (χ2n) is 6.99. The van der Waals surface area contributed by atoms with Crippen LogP contribution in [0.3, 0.4) is 0 Å². The minimum absolute atomic E-state index is 0.175. The number of hydrogen-bond acceptors (Lipinski definition) is 4. The normalized spacial score (nSPS) is 10.8. The van der Waals surface area contributed by atoms with Crippen LogP contribution in [0, 0.1) is 0 Å². The quantitative estimate of drug-likeness (QED) is 0.147. The summed E-state index contributed by atoms with van der Waals surface area (Å²) in [6, 6.07) is 27.1. The highest BCUT2D eigenvalue weighted by Crippen LogP contribution is 2.38. The SMILES string of the molecule is C=C(C)C(=O)OCCOc1c2ccccc2cc2ccc(Sc3ccccc3)cc12. The molecule has 0 fully saturated rings. The van der Waals surface area contributed by atoms with E-state index in [1.807, 2.05) is 30.3 Å². The molecule has 0 amide bonds. The Morgan fingerprint density at radius 1 is 0.833 bits per heavy atom. The van der Waals surface area contributed by atoms with E-state index in [4.69, 9.17) is 9.47 Å². The summed E-state index contributed by atoms with van der Waals surface area (Å²) in [5.41, 5.74) is 0.383. The van der Waals surface area contributed by atoms with Crippen LogP contribution in [-0.2, 0) is 9.53 Å². The van der Waals surface area contributed by atoms with Crippen LogP contribution in [0.15, 0.2) is 101 Å². The highest BCUT2D eigenvalue weighted by atomic mass is 32.2. The van der Waals surface area contributed by atoms with Crippen LogP contribution in [0.5, 0.6) is 5.75 Å². The van der Waals surface area contributed by atoms with Crippen LogP contribution >= 0.6 is 11.8 Å². The number of rotatable bonds is 7. The van der Waals surface area contributed by atoms with Gasteiger partial charge in [-0.1, -0.05) is 66.9 Å². The molecule has 0 aliphatic rings. The Hall–Kier alpha value is -3.24. The largest absolute Gasteiger partial charge is 0.489 e. The maximum Gasteiger partial charge on any atom is 0.333 e. The molecule has 0 saturated carbocycles. The third-order valence-corrected chi connectivity index (χ3v) is 5.67. The Labute approximate surface area is 180 Å². The van der Waals surface area contributed by atoms with Crippen molar-refractivity contribution in [2.24, 2.45) is 0 Å². The number of hydrogen-bond donors (Lipinski definition) is 0. The molecule has 0 aliphatic heterocycles. The molecule has 30 heavy (non-hydrogen) atoms. The Bertz CT molecular complexity index is 1220. The molecule has 3 nitrogen and oxygen atoms in total. The van der Waals surface area contributed by atoms with E-state index in [1.165, 1.54) is 4.90 Å². The monoisotopic (exact) mass is 414 g/mol. The minimum atomic E-state index is -0.400. The molecule has 0 radical (unpaired) electrons. The van der Waals surface area contributed by atoms with Gasteiger partial charge in [0.25, 0.3) is 0 Å². The highest BCUT2D eigenvalue weighted by Gasteiger charge is 2.11. The molecule has 0 atom stereocenters. The Morgan fingerprint density at radius 2 is 1.57 bits per heavy atom. The van der Waals surface area contributed by atoms with E-state index in [9.17, 15) is 4.79 Å². The Balaban J connectivity index is 1.67. The van der Waals surface area contributed by atoms with Crippen molar-refractivity contribution in [3.05, 3.63) is 91.0 Å². The molecule has 0 unspecified atom stereocenters. The predicted octanol–water partition coefficient (Wildman–Crippen LogP) is 6.64. The first-order chi connectivity index (χ1) is 14.6. The average Bonchev–Trinajstić information content (AvgIpc) is 2.76. The van der Waals surface area contributed by atoms with Crippen molar-refractivity contribution in [2.75, 3.05) is 13.2 Å². The molecule has 0 bridgehead atoms. The van der Waals surface area contributed by atoms with E-state index >= 15 is 0 Å². The molecule has 4 aromatic carbocycles. The molecule has 0 saturated heterocycles. The maximum absolute atomic E-state index is 11.6. The first-order valence-electron chi connectivity index (χ1n) is 9.75. The highest BCUT2D eigenvalue weighted by molar-refractivity contribution is 7.99. The van der Waals surface area contributed by atoms with E-state index in [-0.39, 0.29) is 13.2 Å². The summed E-state index contributed by atoms with van der Waals surface area (Å²) in [6.07, 6.45) is 0. The molecule has 4 heteroatoms. The van der Waals surface area contributed by atoms with Crippen molar-refractivity contribution in [2.45, 2.75) is 16.7 Å². The smallest absolute Gasteiger partial charge is 0.333 e. The maximum atomic E-state index is 11.6. The van der Waals surface area contributed by atoms with Crippen LogP contribution in [0.2, 0.25) is 0 Å². The van der Waals surface area contributed by atoms with E-state index in [1.54, 1.807) is 18.7 Å². The molecule has 0 heterocycles. The van der Waals surface area contributed by atoms with Crippen LogP contribution in [-0.4, -0.2) is 19.2 Å². The molecule has 0 aromatic heterocycles. The fraction of sp³-hybridized carbons (Fsp3) is 0.115. The van der Waals surface area contributed by atoms with Gasteiger partial charge in [0.05, 0.1) is 0 Å². The Morgan fingerprint density at radius 3 is 2.37 bits per heavy atom. The third kappa shape index (κ3) is 4.50. The summed E-state index contributed by atoms with van der Waals surface area (Å²) < 4.78 is 11.3. The van der Waals surface area contributed by atoms with Gasteiger partial charge in [0.1, 0.15) is 19.0 Å². The molecular formula is C26H22O3S. The van der Waals surface area contributed by atoms with Gasteiger partial charge in [-0.05, 0) is 48.0 Å². The lowest BCUT2D eigenvalue weighted by Gasteiger charge is -2.14. The standard InChI is InChI=1S/C26H22O3S/c1-18(2)26(27)29-15-14-28-25-23-11-7-6-8-19(23)16-20-12-13-22(17-24(20)25)30-21-9-4-3-5-10-21/h3-13,16-17H,1,14-15H2,2H3. The zero-order chi connectivity index (χ0) is 20.9. The van der Waals surface area contributed by atoms with Crippen LogP contribution in [0.1, 0.15) is 6.92 Å². The summed E-state index contributed by atoms with van der Waals surface area (Å²) in [6.45, 7) is 5.68. The summed E-state index contributed by atoms with van der Waals surface area (Å²) >= 11 is 1.72. The van der Waals surface area contributed by atoms with E-state index in [0.29, 0.717) is 5.57 Å². The van der Waals surface area contributed by atoms with Crippen LogP contribution in [0.25, 0.3) is 21.5 Å². The molecular weight excluding hydrogens is 392 g/mol. The van der Waals surface area contributed by atoms with Crippen molar-refractivity contribution in [3.8, 4) is 5.75 Å². The van der Waals surface area contributed by atoms with Gasteiger partial charge in [-0.15, -0.1) is 0 Å². The predicted molar refractivity (Wildman–Crippen MR) is 123 cm³/mol. The molecule has 0 aliphatic carbocycles. The van der Waals surface area contributed by atoms with Gasteiger partial charge >= 0.3 is 5.97 Å². The third-order valence-electron chi connectivity index (χ3n) is 4.68. The second kappa shape index (κ2) is 9.06. The number of esters is 1. The first-order valence-corrected chi connectivity index (χ1v) is 10.6. The van der Waals surface area contributed by atoms with Crippen LogP contribution in [0.4, 0.5) is 0 Å². The lowest BCUT2D eigenvalue weighted by molar-refractivity contribution is -0.139. The van der Waals surface area contributed by atoms with Crippen molar-refractivity contribution >= 4 is 39.3 Å². The van der Waals surface area contributed by atoms with Gasteiger partial charge in [-0.25, -0.2) is 4.79 Å². The minimum Gasteiger partial charge on any atom is -0.489 e. The fourth-order valence-electron chi connectivity index (χ4n) is 3.25. The summed E-state index contributed by atoms with van der Waals surface area (Å²) in [5, 5.41) is 4.31. The number of fused-ring (bicyclic) bond motifs is 2. The molecule has 150 valence electrons. The number of carbonyl (C=O) groups excluding carboxylic acids is 1. The van der Waals surface area contributed by atoms with E-state index in [2.05, 4.69) is 55.1 Å². The van der Waals surface area contributed by atoms with Gasteiger partial charge in [0.2, 0.25) is 0 Å². The molecule has 4 aromatic rings. The fourth-order valence-corrected chi connectivity index (χ4v) is 4.12. The first kappa shape index (κ1) is 20.0. The lowest BCUT2D eigenvalue weighted by atomic mass is 10.0. The summed E-state index contributed by atoms with van der Waals surface area (Å²) in [5.74, 6) is 0.410. The van der Waals surface area contributed by atoms with E-state index in [0.717, 1.165) is 32.2 Å². The summed E-state index contributed by atoms with van der Waals surface area (Å²) in [4.78, 5) is 13.9. The van der Waals surface area contributed by atoms with Crippen molar-refractivity contribution in [1.82, 2.24) is 0 Å². The molecule has 0 N–H and O–H groups in total. The second-order valence-corrected chi connectivity index (χ2v) is 8.14. The van der Waals surface area contributed by atoms with Crippen molar-refractivity contribution in [1.29, 1.82) is 0 Å². The van der Waals surface area contributed by atoms with Gasteiger partial charge in [0, 0.05) is 26.1 Å². The number of benzene rings is 4.